The van der Waals surface area contributed by atoms with Crippen molar-refractivity contribution < 1.29 is 15.0 Å². The van der Waals surface area contributed by atoms with Gasteiger partial charge in [0.25, 0.3) is 5.91 Å². The first-order valence-corrected chi connectivity index (χ1v) is 6.79. The van der Waals surface area contributed by atoms with Crippen LogP contribution in [0.4, 0.5) is 5.69 Å². The molecule has 2 aromatic rings. The summed E-state index contributed by atoms with van der Waals surface area (Å²) in [7, 11) is 0. The second-order valence-corrected chi connectivity index (χ2v) is 4.97. The number of anilines is 1. The fourth-order valence-corrected chi connectivity index (χ4v) is 2.48. The molecule has 0 saturated heterocycles. The number of nitrogens with one attached hydrogen (secondary N) is 1. The van der Waals surface area contributed by atoms with Crippen molar-refractivity contribution >= 4 is 11.6 Å². The maximum atomic E-state index is 12.7. The number of nitrogens with zero attached hydrogens (tertiary/aromatic N) is 1. The monoisotopic (exact) mass is 284 g/mol. The van der Waals surface area contributed by atoms with Gasteiger partial charge in [-0.05, 0) is 29.8 Å². The van der Waals surface area contributed by atoms with Gasteiger partial charge in [-0.2, -0.15) is 0 Å². The zero-order chi connectivity index (χ0) is 14.8. The number of hydrogen-bond acceptors (Lipinski definition) is 4. The van der Waals surface area contributed by atoms with Crippen molar-refractivity contribution in [2.45, 2.75) is 6.54 Å². The summed E-state index contributed by atoms with van der Waals surface area (Å²) in [4.78, 5) is 14.4. The van der Waals surface area contributed by atoms with Gasteiger partial charge in [-0.15, -0.1) is 0 Å². The summed E-state index contributed by atoms with van der Waals surface area (Å²) in [5.74, 6) is -0.715. The summed E-state index contributed by atoms with van der Waals surface area (Å²) in [6, 6.07) is 11.9. The number of para-hydroxylation sites is 1. The molecule has 5 heteroatoms. The Labute approximate surface area is 122 Å². The summed E-state index contributed by atoms with van der Waals surface area (Å²) < 4.78 is 0. The molecule has 5 nitrogen and oxygen atoms in total. The van der Waals surface area contributed by atoms with E-state index >= 15 is 0 Å². The zero-order valence-electron chi connectivity index (χ0n) is 11.4. The minimum atomic E-state index is -0.290. The van der Waals surface area contributed by atoms with Crippen LogP contribution in [0.15, 0.2) is 42.5 Å². The molecule has 0 radical (unpaired) electrons. The Balaban J connectivity index is 1.99. The van der Waals surface area contributed by atoms with Gasteiger partial charge in [0.1, 0.15) is 0 Å². The Bertz CT molecular complexity index is 685. The lowest BCUT2D eigenvalue weighted by Crippen LogP contribution is -2.34. The first-order valence-electron chi connectivity index (χ1n) is 6.79. The second-order valence-electron chi connectivity index (χ2n) is 4.97. The van der Waals surface area contributed by atoms with Crippen molar-refractivity contribution in [3.8, 4) is 11.5 Å². The number of carbonyl (C=O) groups excluding carboxylic acids is 1. The standard InChI is InChI=1S/C16H16N2O3/c19-14-6-5-11(9-15(14)20)16(21)18-8-7-17-10-12-3-1-2-4-13(12)18/h1-6,9,17,19-20H,7-8,10H2. The smallest absolute Gasteiger partial charge is 0.258 e. The van der Waals surface area contributed by atoms with Crippen molar-refractivity contribution in [3.63, 3.8) is 0 Å². The molecule has 3 rings (SSSR count). The molecule has 0 aromatic heterocycles. The summed E-state index contributed by atoms with van der Waals surface area (Å²) in [6.45, 7) is 1.97. The minimum Gasteiger partial charge on any atom is -0.504 e. The molecule has 1 heterocycles. The molecule has 0 bridgehead atoms. The summed E-state index contributed by atoms with van der Waals surface area (Å²) >= 11 is 0. The Morgan fingerprint density at radius 1 is 1.10 bits per heavy atom. The van der Waals surface area contributed by atoms with E-state index in [-0.39, 0.29) is 17.4 Å². The molecule has 0 fully saturated rings. The molecule has 1 aliphatic rings. The van der Waals surface area contributed by atoms with E-state index in [1.807, 2.05) is 24.3 Å². The molecule has 108 valence electrons. The van der Waals surface area contributed by atoms with Gasteiger partial charge in [-0.3, -0.25) is 4.79 Å². The van der Waals surface area contributed by atoms with Gasteiger partial charge < -0.3 is 20.4 Å². The van der Waals surface area contributed by atoms with Gasteiger partial charge in [0.2, 0.25) is 0 Å². The van der Waals surface area contributed by atoms with Gasteiger partial charge in [-0.1, -0.05) is 18.2 Å². The van der Waals surface area contributed by atoms with Crippen molar-refractivity contribution in [2.24, 2.45) is 0 Å². The van der Waals surface area contributed by atoms with Gasteiger partial charge >= 0.3 is 0 Å². The SMILES string of the molecule is O=C(c1ccc(O)c(O)c1)N1CCNCc2ccccc21. The average molecular weight is 284 g/mol. The molecule has 0 unspecified atom stereocenters. The van der Waals surface area contributed by atoms with Crippen LogP contribution in [0.3, 0.4) is 0 Å². The number of phenolic OH excluding ortho intramolecular Hbond substituents is 2. The lowest BCUT2D eigenvalue weighted by atomic mass is 10.1. The topological polar surface area (TPSA) is 72.8 Å². The van der Waals surface area contributed by atoms with Gasteiger partial charge in [-0.25, -0.2) is 0 Å². The third kappa shape index (κ3) is 2.55. The van der Waals surface area contributed by atoms with E-state index in [9.17, 15) is 15.0 Å². The van der Waals surface area contributed by atoms with Crippen LogP contribution < -0.4 is 10.2 Å². The minimum absolute atomic E-state index is 0.193. The van der Waals surface area contributed by atoms with E-state index in [1.54, 1.807) is 4.90 Å². The van der Waals surface area contributed by atoms with Gasteiger partial charge in [0.05, 0.1) is 0 Å². The van der Waals surface area contributed by atoms with E-state index in [1.165, 1.54) is 18.2 Å². The third-order valence-corrected chi connectivity index (χ3v) is 3.58. The van der Waals surface area contributed by atoms with Crippen molar-refractivity contribution in [3.05, 3.63) is 53.6 Å². The van der Waals surface area contributed by atoms with Crippen LogP contribution in [0, 0.1) is 0 Å². The van der Waals surface area contributed by atoms with E-state index < -0.39 is 0 Å². The Morgan fingerprint density at radius 3 is 2.71 bits per heavy atom. The first kappa shape index (κ1) is 13.5. The predicted octanol–water partition coefficient (Wildman–Crippen LogP) is 1.85. The number of phenols is 2. The van der Waals surface area contributed by atoms with Crippen molar-refractivity contribution in [1.82, 2.24) is 5.32 Å². The largest absolute Gasteiger partial charge is 0.504 e. The zero-order valence-corrected chi connectivity index (χ0v) is 11.4. The molecule has 0 atom stereocenters. The van der Waals surface area contributed by atoms with Crippen LogP contribution in [0.25, 0.3) is 0 Å². The highest BCUT2D eigenvalue weighted by Crippen LogP contribution is 2.28. The van der Waals surface area contributed by atoms with Crippen LogP contribution in [0.1, 0.15) is 15.9 Å². The average Bonchev–Trinajstić information content (AvgIpc) is 2.71. The molecule has 0 aliphatic carbocycles. The number of hydrogen-bond donors (Lipinski definition) is 3. The van der Waals surface area contributed by atoms with Gasteiger partial charge in [0.15, 0.2) is 11.5 Å². The lowest BCUT2D eigenvalue weighted by molar-refractivity contribution is 0.0987. The maximum absolute atomic E-state index is 12.7. The number of fused-ring (bicyclic) bond motifs is 1. The van der Waals surface area contributed by atoms with Crippen LogP contribution >= 0.6 is 0 Å². The van der Waals surface area contributed by atoms with E-state index in [2.05, 4.69) is 5.32 Å². The number of carbonyl (C=O) groups is 1. The van der Waals surface area contributed by atoms with Crippen LogP contribution in [-0.2, 0) is 6.54 Å². The fourth-order valence-electron chi connectivity index (χ4n) is 2.48. The Kier molecular flexibility index (Phi) is 3.50. The quantitative estimate of drug-likeness (QED) is 0.699. The maximum Gasteiger partial charge on any atom is 0.258 e. The predicted molar refractivity (Wildman–Crippen MR) is 79.6 cm³/mol. The highest BCUT2D eigenvalue weighted by atomic mass is 16.3. The number of rotatable bonds is 1. The highest BCUT2D eigenvalue weighted by molar-refractivity contribution is 6.07. The summed E-state index contributed by atoms with van der Waals surface area (Å²) in [5.41, 5.74) is 2.29. The van der Waals surface area contributed by atoms with Crippen LogP contribution in [0.2, 0.25) is 0 Å². The van der Waals surface area contributed by atoms with E-state index in [4.69, 9.17) is 0 Å². The number of amides is 1. The molecule has 0 spiro atoms. The molecule has 0 saturated carbocycles. The highest BCUT2D eigenvalue weighted by Gasteiger charge is 2.22. The van der Waals surface area contributed by atoms with Crippen molar-refractivity contribution in [1.29, 1.82) is 0 Å². The summed E-state index contributed by atoms with van der Waals surface area (Å²) in [6.07, 6.45) is 0. The Hall–Kier alpha value is -2.53. The second kappa shape index (κ2) is 5.46. The molecule has 1 amide bonds. The molecule has 21 heavy (non-hydrogen) atoms. The third-order valence-electron chi connectivity index (χ3n) is 3.58. The fraction of sp³-hybridized carbons (Fsp3) is 0.188. The molecular weight excluding hydrogens is 268 g/mol. The summed E-state index contributed by atoms with van der Waals surface area (Å²) in [5, 5.41) is 22.2. The van der Waals surface area contributed by atoms with E-state index in [0.29, 0.717) is 18.7 Å². The normalized spacial score (nSPS) is 14.4. The Morgan fingerprint density at radius 2 is 1.90 bits per heavy atom. The van der Waals surface area contributed by atoms with E-state index in [0.717, 1.165) is 17.8 Å². The van der Waals surface area contributed by atoms with Gasteiger partial charge in [0, 0.05) is 30.9 Å². The number of benzene rings is 2. The van der Waals surface area contributed by atoms with Crippen LogP contribution in [0.5, 0.6) is 11.5 Å². The lowest BCUT2D eigenvalue weighted by Gasteiger charge is -2.22. The van der Waals surface area contributed by atoms with Crippen molar-refractivity contribution in [2.75, 3.05) is 18.0 Å². The number of aromatic hydroxyl groups is 2. The molecule has 3 N–H and O–H groups in total. The molecular formula is C16H16N2O3. The van der Waals surface area contributed by atoms with Crippen LogP contribution in [-0.4, -0.2) is 29.2 Å². The molecule has 1 aliphatic heterocycles. The first-order chi connectivity index (χ1) is 10.2. The molecule has 2 aromatic carbocycles.